The molecule has 72 valence electrons. The van der Waals surface area contributed by atoms with Gasteiger partial charge >= 0.3 is 0 Å². The molecule has 12 heavy (non-hydrogen) atoms. The van der Waals surface area contributed by atoms with Crippen molar-refractivity contribution in [2.45, 2.75) is 20.3 Å². The first kappa shape index (κ1) is 12.0. The fraction of sp³-hybridized carbons (Fsp3) is 0.800. The maximum atomic E-state index is 3.65. The molecule has 0 bridgehead atoms. The van der Waals surface area contributed by atoms with Gasteiger partial charge in [0.25, 0.3) is 0 Å². The summed E-state index contributed by atoms with van der Waals surface area (Å²) in [6.07, 6.45) is 3.24. The fourth-order valence-electron chi connectivity index (χ4n) is 0.770. The average Bonchev–Trinajstić information content (AvgIpc) is 2.02. The topological polar surface area (TPSA) is 12.0 Å². The van der Waals surface area contributed by atoms with Crippen LogP contribution in [0.2, 0.25) is 0 Å². The van der Waals surface area contributed by atoms with Crippen molar-refractivity contribution in [2.24, 2.45) is 5.92 Å². The van der Waals surface area contributed by atoms with Gasteiger partial charge < -0.3 is 5.32 Å². The molecule has 0 saturated heterocycles. The van der Waals surface area contributed by atoms with Crippen LogP contribution in [0.1, 0.15) is 20.3 Å². The molecule has 0 aliphatic heterocycles. The van der Waals surface area contributed by atoms with Crippen LogP contribution in [0.5, 0.6) is 0 Å². The molecule has 1 N–H and O–H groups in total. The average molecular weight is 187 g/mol. The van der Waals surface area contributed by atoms with E-state index in [1.807, 2.05) is 17.8 Å². The zero-order valence-electron chi connectivity index (χ0n) is 8.31. The highest BCUT2D eigenvalue weighted by atomic mass is 32.2. The van der Waals surface area contributed by atoms with E-state index in [4.69, 9.17) is 0 Å². The summed E-state index contributed by atoms with van der Waals surface area (Å²) in [7, 11) is 0. The lowest BCUT2D eigenvalue weighted by Gasteiger charge is -2.04. The molecule has 1 nitrogen and oxygen atoms in total. The summed E-state index contributed by atoms with van der Waals surface area (Å²) in [5.41, 5.74) is 0. The van der Waals surface area contributed by atoms with Crippen LogP contribution >= 0.6 is 11.8 Å². The van der Waals surface area contributed by atoms with Crippen LogP contribution in [0.25, 0.3) is 0 Å². The highest BCUT2D eigenvalue weighted by molar-refractivity contribution is 7.99. The van der Waals surface area contributed by atoms with Gasteiger partial charge in [0.2, 0.25) is 0 Å². The summed E-state index contributed by atoms with van der Waals surface area (Å²) in [4.78, 5) is 0. The lowest BCUT2D eigenvalue weighted by molar-refractivity contribution is 0.632. The van der Waals surface area contributed by atoms with E-state index in [9.17, 15) is 0 Å². The van der Waals surface area contributed by atoms with E-state index in [-0.39, 0.29) is 0 Å². The molecule has 0 aromatic carbocycles. The van der Waals surface area contributed by atoms with E-state index in [0.29, 0.717) is 0 Å². The maximum Gasteiger partial charge on any atom is 0.0132 e. The van der Waals surface area contributed by atoms with Gasteiger partial charge in [0, 0.05) is 18.8 Å². The smallest absolute Gasteiger partial charge is 0.0132 e. The highest BCUT2D eigenvalue weighted by Crippen LogP contribution is 2.07. The van der Waals surface area contributed by atoms with Gasteiger partial charge in [-0.15, -0.1) is 6.58 Å². The quantitative estimate of drug-likeness (QED) is 0.463. The Morgan fingerprint density at radius 2 is 2.17 bits per heavy atom. The molecular weight excluding hydrogens is 166 g/mol. The standard InChI is InChI=1S/C10H21NS/c1-4-6-11-7-9-12-8-5-10(2)3/h4,10-11H,1,5-9H2,2-3H3. The number of nitrogens with one attached hydrogen (secondary N) is 1. The predicted molar refractivity (Wildman–Crippen MR) is 59.8 cm³/mol. The van der Waals surface area contributed by atoms with E-state index in [1.54, 1.807) is 0 Å². The minimum atomic E-state index is 0.846. The largest absolute Gasteiger partial charge is 0.312 e. The number of rotatable bonds is 8. The lowest BCUT2D eigenvalue weighted by Crippen LogP contribution is -2.16. The van der Waals surface area contributed by atoms with Crippen LogP contribution in [-0.4, -0.2) is 24.6 Å². The third kappa shape index (κ3) is 10.0. The highest BCUT2D eigenvalue weighted by Gasteiger charge is 1.93. The van der Waals surface area contributed by atoms with Crippen LogP contribution in [0.4, 0.5) is 0 Å². The summed E-state index contributed by atoms with van der Waals surface area (Å²) >= 11 is 2.04. The van der Waals surface area contributed by atoms with Gasteiger partial charge in [-0.2, -0.15) is 11.8 Å². The predicted octanol–water partition coefficient (Wildman–Crippen LogP) is 2.54. The van der Waals surface area contributed by atoms with Gasteiger partial charge in [0.15, 0.2) is 0 Å². The first-order valence-electron chi connectivity index (χ1n) is 4.66. The van der Waals surface area contributed by atoms with E-state index in [2.05, 4.69) is 25.7 Å². The van der Waals surface area contributed by atoms with Crippen LogP contribution < -0.4 is 5.32 Å². The first-order chi connectivity index (χ1) is 5.77. The molecule has 0 atom stereocenters. The Morgan fingerprint density at radius 3 is 2.75 bits per heavy atom. The molecule has 0 unspecified atom stereocenters. The SMILES string of the molecule is C=CCNCCSCCC(C)C. The molecular formula is C10H21NS. The molecule has 0 spiro atoms. The second-order valence-corrected chi connectivity index (χ2v) is 4.51. The van der Waals surface area contributed by atoms with Crippen molar-refractivity contribution in [3.05, 3.63) is 12.7 Å². The molecule has 0 aliphatic carbocycles. The van der Waals surface area contributed by atoms with Gasteiger partial charge in [-0.05, 0) is 18.1 Å². The molecule has 0 heterocycles. The van der Waals surface area contributed by atoms with Crippen molar-refractivity contribution in [3.63, 3.8) is 0 Å². The molecule has 0 amide bonds. The van der Waals surface area contributed by atoms with Crippen LogP contribution in [0.3, 0.4) is 0 Å². The van der Waals surface area contributed by atoms with Crippen LogP contribution in [0.15, 0.2) is 12.7 Å². The van der Waals surface area contributed by atoms with E-state index >= 15 is 0 Å². The van der Waals surface area contributed by atoms with Crippen LogP contribution in [-0.2, 0) is 0 Å². The summed E-state index contributed by atoms with van der Waals surface area (Å²) in [6.45, 7) is 10.2. The Kier molecular flexibility index (Phi) is 9.18. The van der Waals surface area contributed by atoms with Gasteiger partial charge in [0.1, 0.15) is 0 Å². The number of hydrogen-bond donors (Lipinski definition) is 1. The Bertz CT molecular complexity index is 102. The Morgan fingerprint density at radius 1 is 1.42 bits per heavy atom. The maximum absolute atomic E-state index is 3.65. The van der Waals surface area contributed by atoms with Crippen molar-refractivity contribution in [1.82, 2.24) is 5.32 Å². The van der Waals surface area contributed by atoms with Gasteiger partial charge in [-0.25, -0.2) is 0 Å². The minimum Gasteiger partial charge on any atom is -0.312 e. The number of hydrogen-bond acceptors (Lipinski definition) is 2. The zero-order valence-corrected chi connectivity index (χ0v) is 9.12. The summed E-state index contributed by atoms with van der Waals surface area (Å²) in [5.74, 6) is 3.37. The van der Waals surface area contributed by atoms with Gasteiger partial charge in [-0.3, -0.25) is 0 Å². The van der Waals surface area contributed by atoms with Crippen molar-refractivity contribution >= 4 is 11.8 Å². The zero-order chi connectivity index (χ0) is 9.23. The molecule has 0 radical (unpaired) electrons. The third-order valence-corrected chi connectivity index (χ3v) is 2.57. The molecule has 0 fully saturated rings. The van der Waals surface area contributed by atoms with Gasteiger partial charge in [0.05, 0.1) is 0 Å². The van der Waals surface area contributed by atoms with E-state index in [0.717, 1.165) is 19.0 Å². The van der Waals surface area contributed by atoms with Crippen molar-refractivity contribution in [3.8, 4) is 0 Å². The molecule has 0 aromatic rings. The van der Waals surface area contributed by atoms with E-state index in [1.165, 1.54) is 17.9 Å². The second kappa shape index (κ2) is 9.14. The van der Waals surface area contributed by atoms with Crippen LogP contribution in [0, 0.1) is 5.92 Å². The van der Waals surface area contributed by atoms with Crippen molar-refractivity contribution in [1.29, 1.82) is 0 Å². The van der Waals surface area contributed by atoms with E-state index < -0.39 is 0 Å². The molecule has 0 rings (SSSR count). The summed E-state index contributed by atoms with van der Waals surface area (Å²) in [5, 5.41) is 3.28. The monoisotopic (exact) mass is 187 g/mol. The second-order valence-electron chi connectivity index (χ2n) is 3.29. The lowest BCUT2D eigenvalue weighted by atomic mass is 10.2. The molecule has 2 heteroatoms. The molecule has 0 aromatic heterocycles. The Hall–Kier alpha value is 0.0500. The normalized spacial score (nSPS) is 10.6. The fourth-order valence-corrected chi connectivity index (χ4v) is 1.90. The molecule has 0 aliphatic rings. The Labute approximate surface area is 81.0 Å². The summed E-state index contributed by atoms with van der Waals surface area (Å²) in [6, 6.07) is 0. The number of thioether (sulfide) groups is 1. The van der Waals surface area contributed by atoms with Gasteiger partial charge in [-0.1, -0.05) is 19.9 Å². The minimum absolute atomic E-state index is 0.846. The first-order valence-corrected chi connectivity index (χ1v) is 5.82. The Balaban J connectivity index is 2.86. The third-order valence-electron chi connectivity index (χ3n) is 1.55. The van der Waals surface area contributed by atoms with Crippen molar-refractivity contribution in [2.75, 3.05) is 24.6 Å². The van der Waals surface area contributed by atoms with Crippen molar-refractivity contribution < 1.29 is 0 Å². The molecule has 0 saturated carbocycles. The summed E-state index contributed by atoms with van der Waals surface area (Å²) < 4.78 is 0.